The SMILES string of the molecule is CC(=O)NC1C(OC(C)=O)OC(COC(C)=O)[C@@H](O[C@@H]2OC(COC(C)=O)[C@@H](OC(C)=O)[C@H](OC(C)=O)C2OC(C)=O)[C@@H]1OC(C)=O. The molecule has 0 aromatic rings. The van der Waals surface area contributed by atoms with Crippen LogP contribution in [0.3, 0.4) is 0 Å². The van der Waals surface area contributed by atoms with Gasteiger partial charge in [-0.25, -0.2) is 0 Å². The number of rotatable bonds is 12. The Hall–Kier alpha value is -4.36. The van der Waals surface area contributed by atoms with Crippen molar-refractivity contribution < 1.29 is 85.7 Å². The Morgan fingerprint density at radius 2 is 0.872 bits per heavy atom. The van der Waals surface area contributed by atoms with Gasteiger partial charge in [0.25, 0.3) is 0 Å². The molecule has 47 heavy (non-hydrogen) atoms. The van der Waals surface area contributed by atoms with Crippen LogP contribution in [0.1, 0.15) is 55.4 Å². The van der Waals surface area contributed by atoms with E-state index in [0.29, 0.717) is 0 Å². The maximum atomic E-state index is 12.3. The summed E-state index contributed by atoms with van der Waals surface area (Å²) in [4.78, 5) is 96.5. The molecule has 0 radical (unpaired) electrons. The first-order chi connectivity index (χ1) is 21.9. The van der Waals surface area contributed by atoms with Crippen molar-refractivity contribution >= 4 is 47.7 Å². The molecule has 2 heterocycles. The van der Waals surface area contributed by atoms with E-state index in [2.05, 4.69) is 5.32 Å². The Morgan fingerprint density at radius 3 is 1.32 bits per heavy atom. The van der Waals surface area contributed by atoms with Gasteiger partial charge in [-0.2, -0.15) is 0 Å². The van der Waals surface area contributed by atoms with Crippen LogP contribution in [-0.2, 0) is 85.7 Å². The van der Waals surface area contributed by atoms with Crippen molar-refractivity contribution in [3.8, 4) is 0 Å². The Labute approximate surface area is 269 Å². The molecule has 0 saturated carbocycles. The molecule has 19 nitrogen and oxygen atoms in total. The summed E-state index contributed by atoms with van der Waals surface area (Å²) >= 11 is 0. The van der Waals surface area contributed by atoms with Crippen molar-refractivity contribution in [1.82, 2.24) is 5.32 Å². The van der Waals surface area contributed by atoms with Crippen LogP contribution in [0.25, 0.3) is 0 Å². The molecule has 2 saturated heterocycles. The number of hydrogen-bond donors (Lipinski definition) is 1. The molecular formula is C28H39NO18. The highest BCUT2D eigenvalue weighted by atomic mass is 16.8. The van der Waals surface area contributed by atoms with Crippen LogP contribution < -0.4 is 5.32 Å². The van der Waals surface area contributed by atoms with Crippen LogP contribution in [0.15, 0.2) is 0 Å². The molecule has 2 aliphatic rings. The third-order valence-electron chi connectivity index (χ3n) is 6.29. The summed E-state index contributed by atoms with van der Waals surface area (Å²) < 4.78 is 55.2. The molecule has 0 spiro atoms. The fourth-order valence-electron chi connectivity index (χ4n) is 4.84. The molecular weight excluding hydrogens is 638 g/mol. The predicted molar refractivity (Wildman–Crippen MR) is 147 cm³/mol. The quantitative estimate of drug-likeness (QED) is 0.187. The van der Waals surface area contributed by atoms with Crippen LogP contribution in [-0.4, -0.2) is 122 Å². The second-order valence-electron chi connectivity index (χ2n) is 10.4. The number of ether oxygens (including phenoxy) is 10. The van der Waals surface area contributed by atoms with Gasteiger partial charge in [0.15, 0.2) is 30.7 Å². The zero-order valence-corrected chi connectivity index (χ0v) is 27.0. The van der Waals surface area contributed by atoms with Gasteiger partial charge in [-0.05, 0) is 0 Å². The fraction of sp³-hybridized carbons (Fsp3) is 0.714. The third-order valence-corrected chi connectivity index (χ3v) is 6.29. The second kappa shape index (κ2) is 17.5. The third kappa shape index (κ3) is 12.1. The Morgan fingerprint density at radius 1 is 0.468 bits per heavy atom. The summed E-state index contributed by atoms with van der Waals surface area (Å²) in [6.07, 6.45) is -14.2. The van der Waals surface area contributed by atoms with Gasteiger partial charge in [0.2, 0.25) is 12.2 Å². The summed E-state index contributed by atoms with van der Waals surface area (Å²) in [5, 5.41) is 2.48. The first-order valence-corrected chi connectivity index (χ1v) is 14.3. The van der Waals surface area contributed by atoms with E-state index in [1.165, 1.54) is 0 Å². The first kappa shape index (κ1) is 38.8. The maximum absolute atomic E-state index is 12.3. The van der Waals surface area contributed by atoms with E-state index in [1.54, 1.807) is 0 Å². The highest BCUT2D eigenvalue weighted by molar-refractivity contribution is 5.74. The molecule has 2 fully saturated rings. The molecule has 264 valence electrons. The van der Waals surface area contributed by atoms with Gasteiger partial charge >= 0.3 is 41.8 Å². The average Bonchev–Trinajstić information content (AvgIpc) is 2.91. The maximum Gasteiger partial charge on any atom is 0.305 e. The molecule has 0 aliphatic carbocycles. The largest absolute Gasteiger partial charge is 0.463 e. The van der Waals surface area contributed by atoms with Crippen LogP contribution in [0.5, 0.6) is 0 Å². The summed E-state index contributed by atoms with van der Waals surface area (Å²) in [5.74, 6) is -6.64. The summed E-state index contributed by atoms with van der Waals surface area (Å²) in [6, 6.07) is -1.43. The van der Waals surface area contributed by atoms with E-state index >= 15 is 0 Å². The number of amides is 1. The molecule has 0 aromatic carbocycles. The number of carbonyl (C=O) groups excluding carboxylic acids is 8. The van der Waals surface area contributed by atoms with Gasteiger partial charge in [-0.15, -0.1) is 0 Å². The highest BCUT2D eigenvalue weighted by Gasteiger charge is 2.57. The lowest BCUT2D eigenvalue weighted by Crippen LogP contribution is -2.69. The molecule has 1 amide bonds. The van der Waals surface area contributed by atoms with E-state index in [-0.39, 0.29) is 0 Å². The lowest BCUT2D eigenvalue weighted by molar-refractivity contribution is -0.348. The van der Waals surface area contributed by atoms with E-state index in [0.717, 1.165) is 55.4 Å². The standard InChI is InChI=1S/C28H39NO18/c1-11(30)29-21-24(41-15(5)34)22(19(9-38-12(2)31)45-27(21)44-18(8)37)47-28-26(43-17(7)36)25(42-16(6)35)23(40-14(4)33)20(46-28)10-39-13(3)32/h19-28H,9-10H2,1-8H3,(H,29,30)/t19?,20?,21?,22-,23-,24-,25+,26?,27?,28+/m1/s1. The molecule has 2 rings (SSSR count). The van der Waals surface area contributed by atoms with Gasteiger partial charge < -0.3 is 52.7 Å². The van der Waals surface area contributed by atoms with E-state index in [9.17, 15) is 38.4 Å². The van der Waals surface area contributed by atoms with Crippen molar-refractivity contribution in [2.75, 3.05) is 13.2 Å². The number of carbonyl (C=O) groups is 8. The van der Waals surface area contributed by atoms with Gasteiger partial charge in [-0.1, -0.05) is 0 Å². The molecule has 0 aromatic heterocycles. The fourth-order valence-corrected chi connectivity index (χ4v) is 4.84. The second-order valence-corrected chi connectivity index (χ2v) is 10.4. The zero-order chi connectivity index (χ0) is 35.6. The Kier molecular flexibility index (Phi) is 14.5. The van der Waals surface area contributed by atoms with Gasteiger partial charge in [0.1, 0.15) is 37.6 Å². The normalized spacial score (nSPS) is 30.0. The smallest absolute Gasteiger partial charge is 0.305 e. The van der Waals surface area contributed by atoms with Crippen molar-refractivity contribution in [2.45, 2.75) is 117 Å². The first-order valence-electron chi connectivity index (χ1n) is 14.3. The minimum absolute atomic E-state index is 0.577. The average molecular weight is 678 g/mol. The molecule has 2 aliphatic heterocycles. The van der Waals surface area contributed by atoms with E-state index in [1.807, 2.05) is 0 Å². The minimum atomic E-state index is -1.80. The zero-order valence-electron chi connectivity index (χ0n) is 27.0. The van der Waals surface area contributed by atoms with Crippen molar-refractivity contribution in [3.63, 3.8) is 0 Å². The molecule has 19 heteroatoms. The number of hydrogen-bond acceptors (Lipinski definition) is 18. The van der Waals surface area contributed by atoms with Gasteiger partial charge in [0.05, 0.1) is 0 Å². The number of nitrogens with one attached hydrogen (secondary N) is 1. The molecule has 1 N–H and O–H groups in total. The minimum Gasteiger partial charge on any atom is -0.463 e. The van der Waals surface area contributed by atoms with E-state index < -0.39 is 122 Å². The van der Waals surface area contributed by atoms with Crippen LogP contribution >= 0.6 is 0 Å². The highest BCUT2D eigenvalue weighted by Crippen LogP contribution is 2.34. The van der Waals surface area contributed by atoms with Crippen LogP contribution in [0, 0.1) is 0 Å². The summed E-state index contributed by atoms with van der Waals surface area (Å²) in [6.45, 7) is 7.30. The Bertz CT molecular complexity index is 1200. The van der Waals surface area contributed by atoms with E-state index in [4.69, 9.17) is 47.4 Å². The molecule has 0 bridgehead atoms. The lowest BCUT2D eigenvalue weighted by atomic mass is 9.94. The monoisotopic (exact) mass is 677 g/mol. The molecule has 10 atom stereocenters. The summed E-state index contributed by atoms with van der Waals surface area (Å²) in [7, 11) is 0. The van der Waals surface area contributed by atoms with Crippen molar-refractivity contribution in [2.24, 2.45) is 0 Å². The van der Waals surface area contributed by atoms with Crippen LogP contribution in [0.4, 0.5) is 0 Å². The lowest BCUT2D eigenvalue weighted by Gasteiger charge is -2.48. The Balaban J connectivity index is 2.73. The summed E-state index contributed by atoms with van der Waals surface area (Å²) in [5.41, 5.74) is 0. The van der Waals surface area contributed by atoms with Crippen molar-refractivity contribution in [3.05, 3.63) is 0 Å². The number of esters is 7. The topological polar surface area (TPSA) is 241 Å². The van der Waals surface area contributed by atoms with Gasteiger partial charge in [-0.3, -0.25) is 38.4 Å². The van der Waals surface area contributed by atoms with Crippen LogP contribution in [0.2, 0.25) is 0 Å². The van der Waals surface area contributed by atoms with Gasteiger partial charge in [0, 0.05) is 55.4 Å². The molecule has 5 unspecified atom stereocenters. The predicted octanol–water partition coefficient (Wildman–Crippen LogP) is -1.26. The van der Waals surface area contributed by atoms with Crippen molar-refractivity contribution in [1.29, 1.82) is 0 Å².